The van der Waals surface area contributed by atoms with Crippen LogP contribution in [0.25, 0.3) is 0 Å². The molecule has 0 aliphatic carbocycles. The fraction of sp³-hybridized carbons (Fsp3) is 0.0909. The van der Waals surface area contributed by atoms with Gasteiger partial charge in [-0.15, -0.1) is 0 Å². The van der Waals surface area contributed by atoms with Crippen LogP contribution in [0.1, 0.15) is 5.69 Å². The number of amides is 2. The lowest BCUT2D eigenvalue weighted by atomic mass is 10.1. The van der Waals surface area contributed by atoms with Gasteiger partial charge in [-0.25, -0.2) is 9.99 Å². The molecule has 1 fully saturated rings. The molecule has 0 saturated carbocycles. The van der Waals surface area contributed by atoms with Gasteiger partial charge in [-0.3, -0.25) is 14.6 Å². The van der Waals surface area contributed by atoms with Crippen LogP contribution in [0.4, 0.5) is 17.1 Å². The Balaban J connectivity index is 1.65. The second-order valence-electron chi connectivity index (χ2n) is 6.78. The maximum absolute atomic E-state index is 13.3. The monoisotopic (exact) mass is 451 g/mol. The number of nitrogens with one attached hydrogen (secondary N) is 1. The number of pyridine rings is 1. The maximum atomic E-state index is 13.3. The number of anilines is 3. The third-order valence-electron chi connectivity index (χ3n) is 4.72. The Morgan fingerprint density at radius 3 is 2.35 bits per heavy atom. The molecule has 2 amide bonds. The van der Waals surface area contributed by atoms with Crippen molar-refractivity contribution < 1.29 is 9.59 Å². The zero-order valence-electron chi connectivity index (χ0n) is 16.0. The molecule has 1 aliphatic heterocycles. The molecule has 154 valence electrons. The average molecular weight is 452 g/mol. The van der Waals surface area contributed by atoms with Gasteiger partial charge in [0.1, 0.15) is 17.7 Å². The Hall–Kier alpha value is -3.60. The van der Waals surface area contributed by atoms with Crippen molar-refractivity contribution in [1.29, 1.82) is 5.26 Å². The van der Waals surface area contributed by atoms with E-state index >= 15 is 0 Å². The number of aromatic nitrogens is 1. The number of rotatable bonds is 4. The molecule has 1 unspecified atom stereocenters. The number of carbonyl (C=O) groups excluding carboxylic acids is 2. The van der Waals surface area contributed by atoms with E-state index in [1.54, 1.807) is 53.5 Å². The minimum Gasteiger partial charge on any atom is -0.324 e. The molecule has 1 N–H and O–H groups in total. The fourth-order valence-corrected chi connectivity index (χ4v) is 3.66. The highest BCUT2D eigenvalue weighted by atomic mass is 35.5. The summed E-state index contributed by atoms with van der Waals surface area (Å²) in [6, 6.07) is 18.8. The van der Waals surface area contributed by atoms with E-state index in [1.807, 2.05) is 12.1 Å². The Kier molecular flexibility index (Phi) is 5.76. The zero-order valence-corrected chi connectivity index (χ0v) is 17.5. The van der Waals surface area contributed by atoms with Gasteiger partial charge in [0, 0.05) is 10.0 Å². The van der Waals surface area contributed by atoms with E-state index in [-0.39, 0.29) is 12.2 Å². The van der Waals surface area contributed by atoms with Crippen LogP contribution in [-0.2, 0) is 9.59 Å². The molecule has 0 spiro atoms. The molecule has 1 aromatic heterocycles. The molecular formula is C22H15Cl2N5O2. The largest absolute Gasteiger partial charge is 0.324 e. The summed E-state index contributed by atoms with van der Waals surface area (Å²) in [7, 11) is 0. The Morgan fingerprint density at radius 1 is 1.06 bits per heavy atom. The average Bonchev–Trinajstić information content (AvgIpc) is 3.11. The van der Waals surface area contributed by atoms with E-state index < -0.39 is 17.7 Å². The van der Waals surface area contributed by atoms with Gasteiger partial charge >= 0.3 is 0 Å². The van der Waals surface area contributed by atoms with Gasteiger partial charge < -0.3 is 5.32 Å². The molecule has 1 atom stereocenters. The molecule has 1 saturated heterocycles. The molecule has 3 aromatic rings. The highest BCUT2D eigenvalue weighted by Gasteiger charge is 2.43. The molecule has 9 heteroatoms. The lowest BCUT2D eigenvalue weighted by Gasteiger charge is -2.29. The smallest absolute Gasteiger partial charge is 0.260 e. The predicted molar refractivity (Wildman–Crippen MR) is 119 cm³/mol. The van der Waals surface area contributed by atoms with E-state index in [4.69, 9.17) is 28.5 Å². The van der Waals surface area contributed by atoms with Crippen molar-refractivity contribution in [2.45, 2.75) is 0 Å². The van der Waals surface area contributed by atoms with Crippen molar-refractivity contribution in [3.63, 3.8) is 0 Å². The number of hydrazine groups is 1. The van der Waals surface area contributed by atoms with Crippen LogP contribution in [0.15, 0.2) is 66.9 Å². The molecule has 1 aliphatic rings. The van der Waals surface area contributed by atoms with Gasteiger partial charge in [0.15, 0.2) is 0 Å². The van der Waals surface area contributed by atoms with Gasteiger partial charge in [0.25, 0.3) is 5.91 Å². The van der Waals surface area contributed by atoms with E-state index in [0.29, 0.717) is 27.1 Å². The second-order valence-corrected chi connectivity index (χ2v) is 7.65. The molecule has 7 nitrogen and oxygen atoms in total. The molecule has 31 heavy (non-hydrogen) atoms. The van der Waals surface area contributed by atoms with Crippen LogP contribution >= 0.6 is 23.2 Å². The number of nitrogens with zero attached hydrogens (tertiary/aromatic N) is 4. The van der Waals surface area contributed by atoms with Crippen molar-refractivity contribution in [1.82, 2.24) is 4.98 Å². The number of hydrogen-bond acceptors (Lipinski definition) is 5. The topological polar surface area (TPSA) is 89.3 Å². The summed E-state index contributed by atoms with van der Waals surface area (Å²) >= 11 is 12.3. The number of carbonyl (C=O) groups is 2. The van der Waals surface area contributed by atoms with Gasteiger partial charge in [0.05, 0.1) is 29.8 Å². The van der Waals surface area contributed by atoms with Gasteiger partial charge in [-0.2, -0.15) is 5.26 Å². The Bertz CT molecular complexity index is 1190. The molecular weight excluding hydrogens is 437 g/mol. The van der Waals surface area contributed by atoms with Crippen LogP contribution in [0.5, 0.6) is 0 Å². The first-order chi connectivity index (χ1) is 15.0. The summed E-state index contributed by atoms with van der Waals surface area (Å²) in [5.41, 5.74) is 1.82. The summed E-state index contributed by atoms with van der Waals surface area (Å²) in [5, 5.41) is 15.7. The molecule has 2 aromatic carbocycles. The third-order valence-corrected chi connectivity index (χ3v) is 5.20. The van der Waals surface area contributed by atoms with Gasteiger partial charge in [0.2, 0.25) is 5.91 Å². The van der Waals surface area contributed by atoms with Crippen LogP contribution in [0.2, 0.25) is 10.0 Å². The van der Waals surface area contributed by atoms with Crippen LogP contribution in [0, 0.1) is 17.2 Å². The predicted octanol–water partition coefficient (Wildman–Crippen LogP) is 4.28. The summed E-state index contributed by atoms with van der Waals surface area (Å²) in [5.74, 6) is -1.86. The maximum Gasteiger partial charge on any atom is 0.260 e. The number of nitriles is 1. The zero-order chi connectivity index (χ0) is 22.0. The second kappa shape index (κ2) is 8.64. The Labute approximate surface area is 188 Å². The van der Waals surface area contributed by atoms with E-state index in [1.165, 1.54) is 17.3 Å². The minimum absolute atomic E-state index is 0.112. The van der Waals surface area contributed by atoms with Gasteiger partial charge in [-0.1, -0.05) is 35.3 Å². The van der Waals surface area contributed by atoms with Crippen LogP contribution in [0.3, 0.4) is 0 Å². The lowest BCUT2D eigenvalue weighted by Crippen LogP contribution is -2.39. The van der Waals surface area contributed by atoms with Crippen molar-refractivity contribution in [2.75, 3.05) is 21.9 Å². The summed E-state index contributed by atoms with van der Waals surface area (Å²) in [4.78, 5) is 30.2. The van der Waals surface area contributed by atoms with Crippen molar-refractivity contribution in [3.05, 3.63) is 82.6 Å². The Morgan fingerprint density at radius 2 is 1.74 bits per heavy atom. The fourth-order valence-electron chi connectivity index (χ4n) is 3.29. The molecule has 4 rings (SSSR count). The summed E-state index contributed by atoms with van der Waals surface area (Å²) in [6.45, 7) is 0.112. The van der Waals surface area contributed by atoms with Crippen molar-refractivity contribution in [2.24, 2.45) is 5.92 Å². The summed E-state index contributed by atoms with van der Waals surface area (Å²) in [6.07, 6.45) is 1.37. The van der Waals surface area contributed by atoms with Gasteiger partial charge in [-0.05, 0) is 48.5 Å². The van der Waals surface area contributed by atoms with Crippen LogP contribution in [-0.4, -0.2) is 23.3 Å². The quantitative estimate of drug-likeness (QED) is 0.597. The number of halogens is 2. The number of hydrogen-bond donors (Lipinski definition) is 1. The molecule has 2 heterocycles. The first-order valence-electron chi connectivity index (χ1n) is 9.26. The minimum atomic E-state index is -0.978. The van der Waals surface area contributed by atoms with Crippen molar-refractivity contribution in [3.8, 4) is 6.07 Å². The van der Waals surface area contributed by atoms with E-state index in [0.717, 1.165) is 0 Å². The highest BCUT2D eigenvalue weighted by molar-refractivity contribution is 6.31. The SMILES string of the molecule is N#Cc1ccc(NC(=O)C2CN(c3cccc(Cl)c3)N(c3cccc(Cl)c3)C2=O)cn1. The third kappa shape index (κ3) is 4.31. The van der Waals surface area contributed by atoms with Crippen LogP contribution < -0.4 is 15.3 Å². The number of benzene rings is 2. The van der Waals surface area contributed by atoms with E-state index in [9.17, 15) is 9.59 Å². The van der Waals surface area contributed by atoms with Crippen molar-refractivity contribution >= 4 is 52.1 Å². The first kappa shape index (κ1) is 20.7. The van der Waals surface area contributed by atoms with E-state index in [2.05, 4.69) is 10.3 Å². The normalized spacial score (nSPS) is 15.6. The standard InChI is InChI=1S/C22H15Cl2N5O2/c23-14-3-1-5-18(9-14)28-13-20(21(30)27-17-8-7-16(11-25)26-12-17)22(31)29(28)19-6-2-4-15(24)10-19/h1-10,12,20H,13H2,(H,27,30). The lowest BCUT2D eigenvalue weighted by molar-refractivity contribution is -0.128. The summed E-state index contributed by atoms with van der Waals surface area (Å²) < 4.78 is 0. The highest BCUT2D eigenvalue weighted by Crippen LogP contribution is 2.33. The first-order valence-corrected chi connectivity index (χ1v) is 10.0. The molecule has 0 bridgehead atoms. The molecule has 0 radical (unpaired) electrons.